The predicted octanol–water partition coefficient (Wildman–Crippen LogP) is 2.44. The Balaban J connectivity index is 0.00000200. The highest BCUT2D eigenvalue weighted by atomic mass is 127. The van der Waals surface area contributed by atoms with Crippen LogP contribution in [0.5, 0.6) is 0 Å². The van der Waals surface area contributed by atoms with Crippen LogP contribution in [0, 0.1) is 6.92 Å². The maximum Gasteiger partial charge on any atom is 0.190 e. The van der Waals surface area contributed by atoms with E-state index >= 15 is 0 Å². The van der Waals surface area contributed by atoms with Gasteiger partial charge < -0.3 is 15.0 Å². The zero-order chi connectivity index (χ0) is 14.0. The molecule has 0 bridgehead atoms. The molecule has 0 spiro atoms. The Morgan fingerprint density at radius 1 is 1.45 bits per heavy atom. The molecule has 0 amide bonds. The number of pyridine rings is 1. The van der Waals surface area contributed by atoms with Crippen molar-refractivity contribution in [2.75, 3.05) is 20.6 Å². The summed E-state index contributed by atoms with van der Waals surface area (Å²) in [7, 11) is 3.76. The first-order valence-electron chi connectivity index (χ1n) is 6.08. The van der Waals surface area contributed by atoms with Gasteiger partial charge in [-0.1, -0.05) is 0 Å². The van der Waals surface area contributed by atoms with Crippen LogP contribution in [0.3, 0.4) is 0 Å². The van der Waals surface area contributed by atoms with E-state index in [-0.39, 0.29) is 24.0 Å². The molecule has 0 saturated carbocycles. The second kappa shape index (κ2) is 7.26. The molecule has 20 heavy (non-hydrogen) atoms. The Labute approximate surface area is 144 Å². The lowest BCUT2D eigenvalue weighted by Crippen LogP contribution is -2.30. The van der Waals surface area contributed by atoms with Gasteiger partial charge in [-0.15, -0.1) is 24.0 Å². The number of halogens is 2. The first-order chi connectivity index (χ1) is 8.97. The van der Waals surface area contributed by atoms with Crippen LogP contribution in [0.25, 0.3) is 5.65 Å². The molecular weight excluding hydrogens is 433 g/mol. The third-order valence-electron chi connectivity index (χ3n) is 2.85. The van der Waals surface area contributed by atoms with E-state index in [9.17, 15) is 0 Å². The van der Waals surface area contributed by atoms with E-state index < -0.39 is 0 Å². The Kier molecular flexibility index (Phi) is 6.25. The molecule has 0 radical (unpaired) electrons. The van der Waals surface area contributed by atoms with Gasteiger partial charge in [0, 0.05) is 43.9 Å². The number of hydrogen-bond donors (Lipinski definition) is 1. The number of nitrogens with zero attached hydrogens (tertiary/aromatic N) is 4. The lowest BCUT2D eigenvalue weighted by molar-refractivity contribution is 0.609. The van der Waals surface area contributed by atoms with Gasteiger partial charge >= 0.3 is 0 Å². The minimum atomic E-state index is 0. The zero-order valence-corrected chi connectivity index (χ0v) is 15.7. The number of fused-ring (bicyclic) bond motifs is 1. The second-order valence-corrected chi connectivity index (χ2v) is 5.60. The molecule has 0 aromatic carbocycles. The summed E-state index contributed by atoms with van der Waals surface area (Å²) in [4.78, 5) is 10.7. The molecule has 0 fully saturated rings. The monoisotopic (exact) mass is 451 g/mol. The first-order valence-corrected chi connectivity index (χ1v) is 6.87. The van der Waals surface area contributed by atoms with E-state index in [0.29, 0.717) is 12.5 Å². The largest absolute Gasteiger partial charge is 0.370 e. The molecule has 2 aromatic heterocycles. The number of guanidine groups is 1. The number of aromatic nitrogens is 2. The average Bonchev–Trinajstić information content (AvgIpc) is 2.71. The summed E-state index contributed by atoms with van der Waals surface area (Å²) in [6.07, 6.45) is 4.83. The third kappa shape index (κ3) is 4.08. The van der Waals surface area contributed by atoms with Crippen molar-refractivity contribution < 1.29 is 0 Å². The molecule has 0 aliphatic carbocycles. The summed E-state index contributed by atoms with van der Waals surface area (Å²) >= 11 is 3.49. The third-order valence-corrected chi connectivity index (χ3v) is 3.29. The molecule has 7 heteroatoms. The summed E-state index contributed by atoms with van der Waals surface area (Å²) in [6, 6.07) is 2.06. The van der Waals surface area contributed by atoms with Crippen LogP contribution in [0.2, 0.25) is 0 Å². The van der Waals surface area contributed by atoms with Gasteiger partial charge in [0.2, 0.25) is 0 Å². The Morgan fingerprint density at radius 3 is 2.80 bits per heavy atom. The number of imidazole rings is 1. The maximum absolute atomic E-state index is 5.74. The zero-order valence-electron chi connectivity index (χ0n) is 11.8. The SMILES string of the molecule is Cc1cc(Br)cn2cc(CCN=C(N)N(C)C)nc12.I. The van der Waals surface area contributed by atoms with E-state index in [4.69, 9.17) is 5.73 Å². The normalized spacial score (nSPS) is 11.5. The van der Waals surface area contributed by atoms with Crippen LogP contribution < -0.4 is 5.73 Å². The number of aliphatic imine (C=N–C) groups is 1. The van der Waals surface area contributed by atoms with Crippen molar-refractivity contribution in [3.63, 3.8) is 0 Å². The molecule has 2 N–H and O–H groups in total. The van der Waals surface area contributed by atoms with Crippen LogP contribution in [-0.2, 0) is 6.42 Å². The van der Waals surface area contributed by atoms with E-state index in [2.05, 4.69) is 38.9 Å². The second-order valence-electron chi connectivity index (χ2n) is 4.69. The predicted molar refractivity (Wildman–Crippen MR) is 96.9 cm³/mol. The Bertz CT molecular complexity index is 620. The average molecular weight is 452 g/mol. The van der Waals surface area contributed by atoms with Crippen LogP contribution >= 0.6 is 39.9 Å². The molecule has 110 valence electrons. The van der Waals surface area contributed by atoms with Crippen molar-refractivity contribution in [1.29, 1.82) is 0 Å². The van der Waals surface area contributed by atoms with Crippen molar-refractivity contribution in [1.82, 2.24) is 14.3 Å². The molecule has 0 aliphatic rings. The molecule has 2 aromatic rings. The van der Waals surface area contributed by atoms with Crippen LogP contribution in [0.4, 0.5) is 0 Å². The minimum Gasteiger partial charge on any atom is -0.370 e. The molecule has 0 aliphatic heterocycles. The van der Waals surface area contributed by atoms with E-state index in [1.165, 1.54) is 0 Å². The molecule has 2 heterocycles. The summed E-state index contributed by atoms with van der Waals surface area (Å²) in [6.45, 7) is 2.70. The maximum atomic E-state index is 5.74. The molecule has 2 rings (SSSR count). The van der Waals surface area contributed by atoms with Crippen molar-refractivity contribution in [3.8, 4) is 0 Å². The van der Waals surface area contributed by atoms with E-state index in [1.807, 2.05) is 30.9 Å². The fraction of sp³-hybridized carbons (Fsp3) is 0.385. The molecule has 0 saturated heterocycles. The summed E-state index contributed by atoms with van der Waals surface area (Å²) in [5, 5.41) is 0. The first kappa shape index (κ1) is 17.2. The van der Waals surface area contributed by atoms with Crippen LogP contribution in [-0.4, -0.2) is 40.9 Å². The number of aryl methyl sites for hydroxylation is 1. The van der Waals surface area contributed by atoms with Gasteiger partial charge in [0.15, 0.2) is 5.96 Å². The number of hydrogen-bond acceptors (Lipinski definition) is 2. The fourth-order valence-corrected chi connectivity index (χ4v) is 2.39. The minimum absolute atomic E-state index is 0. The Morgan fingerprint density at radius 2 is 2.15 bits per heavy atom. The van der Waals surface area contributed by atoms with Gasteiger partial charge in [-0.25, -0.2) is 4.98 Å². The quantitative estimate of drug-likeness (QED) is 0.443. The highest BCUT2D eigenvalue weighted by Crippen LogP contribution is 2.17. The topological polar surface area (TPSA) is 58.9 Å². The summed E-state index contributed by atoms with van der Waals surface area (Å²) in [5.74, 6) is 0.544. The van der Waals surface area contributed by atoms with Gasteiger partial charge in [-0.3, -0.25) is 4.99 Å². The van der Waals surface area contributed by atoms with Gasteiger partial charge in [0.1, 0.15) is 5.65 Å². The van der Waals surface area contributed by atoms with Crippen molar-refractivity contribution in [3.05, 3.63) is 34.2 Å². The molecule has 0 atom stereocenters. The number of rotatable bonds is 3. The van der Waals surface area contributed by atoms with Crippen LogP contribution in [0.1, 0.15) is 11.3 Å². The lowest BCUT2D eigenvalue weighted by atomic mass is 10.3. The summed E-state index contributed by atoms with van der Waals surface area (Å²) < 4.78 is 3.09. The van der Waals surface area contributed by atoms with Gasteiger partial charge in [0.25, 0.3) is 0 Å². The molecular formula is C13H19BrIN5. The van der Waals surface area contributed by atoms with Gasteiger partial charge in [-0.05, 0) is 34.5 Å². The van der Waals surface area contributed by atoms with E-state index in [1.54, 1.807) is 4.90 Å². The standard InChI is InChI=1S/C13H18BrN5.HI/c1-9-6-10(14)7-19-8-11(17-12(9)19)4-5-16-13(15)18(2)3;/h6-8H,4-5H2,1-3H3,(H2,15,16);1H. The summed E-state index contributed by atoms with van der Waals surface area (Å²) in [5.41, 5.74) is 8.91. The smallest absolute Gasteiger partial charge is 0.190 e. The number of nitrogens with two attached hydrogens (primary N) is 1. The van der Waals surface area contributed by atoms with Crippen molar-refractivity contribution >= 4 is 51.5 Å². The fourth-order valence-electron chi connectivity index (χ4n) is 1.82. The van der Waals surface area contributed by atoms with Gasteiger partial charge in [-0.2, -0.15) is 0 Å². The van der Waals surface area contributed by atoms with Gasteiger partial charge in [0.05, 0.1) is 5.69 Å². The molecule has 0 unspecified atom stereocenters. The Hall–Kier alpha value is -0.830. The van der Waals surface area contributed by atoms with Crippen LogP contribution in [0.15, 0.2) is 27.9 Å². The highest BCUT2D eigenvalue weighted by molar-refractivity contribution is 14.0. The lowest BCUT2D eigenvalue weighted by Gasteiger charge is -2.09. The van der Waals surface area contributed by atoms with E-state index in [0.717, 1.165) is 27.8 Å². The molecule has 5 nitrogen and oxygen atoms in total. The van der Waals surface area contributed by atoms with Crippen molar-refractivity contribution in [2.45, 2.75) is 13.3 Å². The van der Waals surface area contributed by atoms with Crippen molar-refractivity contribution in [2.24, 2.45) is 10.7 Å². The highest BCUT2D eigenvalue weighted by Gasteiger charge is 2.05.